The number of phenols is 2. The van der Waals surface area contributed by atoms with Crippen molar-refractivity contribution in [2.45, 2.75) is 44.9 Å². The van der Waals surface area contributed by atoms with E-state index in [4.69, 9.17) is 14.2 Å². The molecule has 2 amide bonds. The molecule has 4 aromatic carbocycles. The van der Waals surface area contributed by atoms with Crippen molar-refractivity contribution in [3.8, 4) is 28.7 Å². The number of amides is 2. The van der Waals surface area contributed by atoms with E-state index in [1.54, 1.807) is 12.1 Å². The van der Waals surface area contributed by atoms with Gasteiger partial charge in [0.15, 0.2) is 11.5 Å². The topological polar surface area (TPSA) is 126 Å². The number of phenolic OH excluding ortho intramolecular Hbond substituents is 2. The Morgan fingerprint density at radius 3 is 2.02 bits per heavy atom. The van der Waals surface area contributed by atoms with Gasteiger partial charge >= 0.3 is 12.2 Å². The van der Waals surface area contributed by atoms with Crippen LogP contribution in [-0.4, -0.2) is 28.5 Å². The first kappa shape index (κ1) is 28.4. The summed E-state index contributed by atoms with van der Waals surface area (Å²) in [6.45, 7) is 0.560. The lowest BCUT2D eigenvalue weighted by Crippen LogP contribution is -2.28. The Morgan fingerprint density at radius 2 is 1.38 bits per heavy atom. The molecule has 9 nitrogen and oxygen atoms in total. The summed E-state index contributed by atoms with van der Waals surface area (Å²) >= 11 is 0. The van der Waals surface area contributed by atoms with Gasteiger partial charge in [-0.05, 0) is 54.5 Å². The quantitative estimate of drug-likeness (QED) is 0.195. The summed E-state index contributed by atoms with van der Waals surface area (Å²) in [6.07, 6.45) is 1.09. The maximum absolute atomic E-state index is 12.7. The molecule has 0 bridgehead atoms. The van der Waals surface area contributed by atoms with Crippen molar-refractivity contribution in [2.24, 2.45) is 0 Å². The highest BCUT2D eigenvalue weighted by molar-refractivity contribution is 5.74. The molecule has 0 spiro atoms. The summed E-state index contributed by atoms with van der Waals surface area (Å²) in [5, 5.41) is 25.3. The van der Waals surface area contributed by atoms with Gasteiger partial charge in [-0.1, -0.05) is 66.7 Å². The van der Waals surface area contributed by atoms with E-state index in [1.165, 1.54) is 12.1 Å². The van der Waals surface area contributed by atoms with Gasteiger partial charge in [0, 0.05) is 30.8 Å². The van der Waals surface area contributed by atoms with Gasteiger partial charge in [0.1, 0.15) is 17.2 Å². The fourth-order valence-corrected chi connectivity index (χ4v) is 4.73. The number of fused-ring (bicyclic) bond motifs is 1. The van der Waals surface area contributed by atoms with E-state index in [9.17, 15) is 19.8 Å². The minimum absolute atomic E-state index is 0.0270. The fourth-order valence-electron chi connectivity index (χ4n) is 4.73. The Balaban J connectivity index is 1.24. The van der Waals surface area contributed by atoms with Crippen molar-refractivity contribution >= 4 is 12.2 Å². The number of nitrogens with one attached hydrogen (secondary N) is 2. The van der Waals surface area contributed by atoms with Crippen LogP contribution < -0.4 is 24.8 Å². The van der Waals surface area contributed by atoms with Crippen molar-refractivity contribution in [1.29, 1.82) is 0 Å². The van der Waals surface area contributed by atoms with E-state index in [0.717, 1.165) is 16.7 Å². The molecule has 4 aromatic rings. The molecule has 1 aliphatic rings. The smallest absolute Gasteiger partial charge is 0.413 e. The predicted octanol–water partition coefficient (Wildman–Crippen LogP) is 6.00. The largest absolute Gasteiger partial charge is 0.508 e. The van der Waals surface area contributed by atoms with E-state index in [-0.39, 0.29) is 42.2 Å². The Hall–Kier alpha value is -5.18. The number of aromatic hydroxyl groups is 2. The van der Waals surface area contributed by atoms with Crippen molar-refractivity contribution < 1.29 is 34.0 Å². The van der Waals surface area contributed by atoms with Gasteiger partial charge < -0.3 is 35.1 Å². The zero-order valence-electron chi connectivity index (χ0n) is 22.9. The van der Waals surface area contributed by atoms with Gasteiger partial charge in [-0.15, -0.1) is 0 Å². The first-order valence-electron chi connectivity index (χ1n) is 13.8. The first-order valence-corrected chi connectivity index (χ1v) is 13.8. The monoisotopic (exact) mass is 568 g/mol. The molecule has 0 saturated carbocycles. The average molecular weight is 569 g/mol. The molecule has 1 unspecified atom stereocenters. The standard InChI is InChI=1S/C33H32N2O7/c36-25-18-28(37)27-15-14-26(40-30(27)19-25)13-11-22-12-16-29(41-32(38)34-20-23-7-3-1-4-8-23)31(17-22)42-33(39)35-21-24-9-5-2-6-10-24/h1-10,12,16-19,26,36-37H,11,13-15,20-21H2,(H,34,38)(H,35,39). The zero-order chi connectivity index (χ0) is 29.3. The normalized spacial score (nSPS) is 13.8. The highest BCUT2D eigenvalue weighted by atomic mass is 16.6. The number of benzene rings is 4. The molecule has 1 atom stereocenters. The number of aryl methyl sites for hydroxylation is 1. The van der Waals surface area contributed by atoms with Crippen molar-refractivity contribution in [3.05, 3.63) is 113 Å². The van der Waals surface area contributed by atoms with Crippen LogP contribution in [-0.2, 0) is 25.9 Å². The van der Waals surface area contributed by atoms with Crippen LogP contribution in [0, 0.1) is 0 Å². The van der Waals surface area contributed by atoms with Crippen LogP contribution >= 0.6 is 0 Å². The molecule has 42 heavy (non-hydrogen) atoms. The second-order valence-electron chi connectivity index (χ2n) is 10.00. The van der Waals surface area contributed by atoms with Gasteiger partial charge in [-0.3, -0.25) is 0 Å². The van der Waals surface area contributed by atoms with Crippen molar-refractivity contribution in [3.63, 3.8) is 0 Å². The zero-order valence-corrected chi connectivity index (χ0v) is 22.9. The second kappa shape index (κ2) is 13.5. The molecule has 0 aliphatic carbocycles. The maximum atomic E-state index is 12.7. The summed E-state index contributed by atoms with van der Waals surface area (Å²) in [7, 11) is 0. The van der Waals surface area contributed by atoms with Crippen LogP contribution in [0.1, 0.15) is 35.1 Å². The number of hydrogen-bond acceptors (Lipinski definition) is 7. The van der Waals surface area contributed by atoms with Gasteiger partial charge in [0.2, 0.25) is 0 Å². The highest BCUT2D eigenvalue weighted by Crippen LogP contribution is 2.38. The summed E-state index contributed by atoms with van der Waals surface area (Å²) in [5.41, 5.74) is 3.37. The predicted molar refractivity (Wildman–Crippen MR) is 156 cm³/mol. The molecule has 0 radical (unpaired) electrons. The number of ether oxygens (including phenoxy) is 3. The Morgan fingerprint density at radius 1 is 0.762 bits per heavy atom. The first-order chi connectivity index (χ1) is 20.4. The highest BCUT2D eigenvalue weighted by Gasteiger charge is 2.23. The number of rotatable bonds is 9. The third kappa shape index (κ3) is 7.72. The minimum atomic E-state index is -0.683. The molecule has 0 saturated heterocycles. The fraction of sp³-hybridized carbons (Fsp3) is 0.212. The lowest BCUT2D eigenvalue weighted by atomic mass is 9.97. The summed E-state index contributed by atoms with van der Waals surface area (Å²) in [5.74, 6) is 0.667. The molecule has 0 aromatic heterocycles. The Bertz CT molecular complexity index is 1530. The van der Waals surface area contributed by atoms with Crippen LogP contribution in [0.5, 0.6) is 28.7 Å². The van der Waals surface area contributed by atoms with Crippen LogP contribution in [0.25, 0.3) is 0 Å². The van der Waals surface area contributed by atoms with E-state index in [1.807, 2.05) is 66.7 Å². The maximum Gasteiger partial charge on any atom is 0.413 e. The molecule has 216 valence electrons. The van der Waals surface area contributed by atoms with Crippen LogP contribution in [0.3, 0.4) is 0 Å². The molecule has 1 heterocycles. The summed E-state index contributed by atoms with van der Waals surface area (Å²) in [6, 6.07) is 26.8. The molecule has 1 aliphatic heterocycles. The van der Waals surface area contributed by atoms with Gasteiger partial charge in [0.25, 0.3) is 0 Å². The molecular formula is C33H32N2O7. The Labute approximate surface area is 243 Å². The summed E-state index contributed by atoms with van der Waals surface area (Å²) in [4.78, 5) is 25.2. The molecule has 9 heteroatoms. The van der Waals surface area contributed by atoms with Gasteiger partial charge in [0.05, 0.1) is 6.10 Å². The van der Waals surface area contributed by atoms with E-state index >= 15 is 0 Å². The Kier molecular flexibility index (Phi) is 9.08. The average Bonchev–Trinajstić information content (AvgIpc) is 3.00. The van der Waals surface area contributed by atoms with E-state index in [2.05, 4.69) is 10.6 Å². The third-order valence-electron chi connectivity index (χ3n) is 6.91. The molecule has 4 N–H and O–H groups in total. The number of carbonyl (C=O) groups excluding carboxylic acids is 2. The molecule has 0 fully saturated rings. The van der Waals surface area contributed by atoms with Gasteiger partial charge in [-0.2, -0.15) is 0 Å². The molecule has 5 rings (SSSR count). The van der Waals surface area contributed by atoms with Crippen LogP contribution in [0.4, 0.5) is 9.59 Å². The number of hydrogen-bond donors (Lipinski definition) is 4. The molecular weight excluding hydrogens is 536 g/mol. The minimum Gasteiger partial charge on any atom is -0.508 e. The number of carbonyl (C=O) groups is 2. The van der Waals surface area contributed by atoms with Gasteiger partial charge in [-0.25, -0.2) is 9.59 Å². The van der Waals surface area contributed by atoms with Crippen molar-refractivity contribution in [2.75, 3.05) is 0 Å². The van der Waals surface area contributed by atoms with Crippen LogP contribution in [0.15, 0.2) is 91.0 Å². The summed E-state index contributed by atoms with van der Waals surface area (Å²) < 4.78 is 17.1. The van der Waals surface area contributed by atoms with Crippen LogP contribution in [0.2, 0.25) is 0 Å². The van der Waals surface area contributed by atoms with E-state index in [0.29, 0.717) is 37.0 Å². The second-order valence-corrected chi connectivity index (χ2v) is 10.00. The third-order valence-corrected chi connectivity index (χ3v) is 6.91. The van der Waals surface area contributed by atoms with Crippen molar-refractivity contribution in [1.82, 2.24) is 10.6 Å². The lowest BCUT2D eigenvalue weighted by molar-refractivity contribution is 0.162. The lowest BCUT2D eigenvalue weighted by Gasteiger charge is -2.27. The SMILES string of the molecule is O=C(NCc1ccccc1)Oc1ccc(CCC2CCc3c(O)cc(O)cc3O2)cc1OC(=O)NCc1ccccc1. The van der Waals surface area contributed by atoms with E-state index < -0.39 is 12.2 Å².